The SMILES string of the molecule is CCN(CC1CCCN1)c1nc(C)cs1. The highest BCUT2D eigenvalue weighted by Crippen LogP contribution is 2.21. The Balaban J connectivity index is 1.97. The van der Waals surface area contributed by atoms with Gasteiger partial charge in [0.2, 0.25) is 0 Å². The smallest absolute Gasteiger partial charge is 0.185 e. The van der Waals surface area contributed by atoms with Crippen molar-refractivity contribution in [2.45, 2.75) is 32.7 Å². The largest absolute Gasteiger partial charge is 0.347 e. The molecule has 0 radical (unpaired) electrons. The van der Waals surface area contributed by atoms with Gasteiger partial charge < -0.3 is 10.2 Å². The number of likely N-dealkylation sites (N-methyl/N-ethyl adjacent to an activating group) is 1. The van der Waals surface area contributed by atoms with Crippen LogP contribution >= 0.6 is 11.3 Å². The van der Waals surface area contributed by atoms with Crippen molar-refractivity contribution in [2.24, 2.45) is 0 Å². The predicted molar refractivity (Wildman–Crippen MR) is 65.8 cm³/mol. The van der Waals surface area contributed by atoms with Gasteiger partial charge in [0.15, 0.2) is 5.13 Å². The lowest BCUT2D eigenvalue weighted by molar-refractivity contribution is 0.586. The van der Waals surface area contributed by atoms with Crippen molar-refractivity contribution in [3.05, 3.63) is 11.1 Å². The molecule has 1 N–H and O–H groups in total. The van der Waals surface area contributed by atoms with Crippen LogP contribution in [0.1, 0.15) is 25.5 Å². The van der Waals surface area contributed by atoms with Crippen LogP contribution in [0.15, 0.2) is 5.38 Å². The van der Waals surface area contributed by atoms with E-state index in [0.29, 0.717) is 6.04 Å². The van der Waals surface area contributed by atoms with Gasteiger partial charge in [0, 0.05) is 24.5 Å². The fraction of sp³-hybridized carbons (Fsp3) is 0.727. The Morgan fingerprint density at radius 2 is 2.53 bits per heavy atom. The summed E-state index contributed by atoms with van der Waals surface area (Å²) in [5.74, 6) is 0. The molecule has 2 heterocycles. The van der Waals surface area contributed by atoms with Crippen molar-refractivity contribution in [2.75, 3.05) is 24.5 Å². The molecule has 15 heavy (non-hydrogen) atoms. The zero-order valence-corrected chi connectivity index (χ0v) is 10.3. The van der Waals surface area contributed by atoms with Crippen LogP contribution in [0.3, 0.4) is 0 Å². The zero-order valence-electron chi connectivity index (χ0n) is 9.49. The summed E-state index contributed by atoms with van der Waals surface area (Å²) in [5, 5.41) is 6.83. The average molecular weight is 225 g/mol. The van der Waals surface area contributed by atoms with Gasteiger partial charge >= 0.3 is 0 Å². The van der Waals surface area contributed by atoms with Crippen molar-refractivity contribution in [3.63, 3.8) is 0 Å². The van der Waals surface area contributed by atoms with Crippen molar-refractivity contribution >= 4 is 16.5 Å². The first kappa shape index (κ1) is 10.9. The average Bonchev–Trinajstić information content (AvgIpc) is 2.85. The molecule has 1 aliphatic heterocycles. The Labute approximate surface area is 95.5 Å². The summed E-state index contributed by atoms with van der Waals surface area (Å²) in [4.78, 5) is 6.92. The number of nitrogens with one attached hydrogen (secondary N) is 1. The van der Waals surface area contributed by atoms with Crippen LogP contribution in [-0.4, -0.2) is 30.7 Å². The number of nitrogens with zero attached hydrogens (tertiary/aromatic N) is 2. The van der Waals surface area contributed by atoms with Crippen LogP contribution in [0.4, 0.5) is 5.13 Å². The molecule has 84 valence electrons. The molecule has 0 amide bonds. The summed E-state index contributed by atoms with van der Waals surface area (Å²) >= 11 is 1.75. The van der Waals surface area contributed by atoms with Gasteiger partial charge in [-0.25, -0.2) is 4.98 Å². The third kappa shape index (κ3) is 2.69. The van der Waals surface area contributed by atoms with Crippen LogP contribution in [0, 0.1) is 6.92 Å². The molecular weight excluding hydrogens is 206 g/mol. The maximum absolute atomic E-state index is 4.54. The third-order valence-corrected chi connectivity index (χ3v) is 3.88. The minimum Gasteiger partial charge on any atom is -0.347 e. The molecule has 1 aliphatic rings. The number of rotatable bonds is 4. The van der Waals surface area contributed by atoms with Gasteiger partial charge in [0.1, 0.15) is 0 Å². The topological polar surface area (TPSA) is 28.2 Å². The van der Waals surface area contributed by atoms with E-state index in [2.05, 4.69) is 34.4 Å². The summed E-state index contributed by atoms with van der Waals surface area (Å²) in [6, 6.07) is 0.661. The van der Waals surface area contributed by atoms with Crippen molar-refractivity contribution in [1.82, 2.24) is 10.3 Å². The highest BCUT2D eigenvalue weighted by molar-refractivity contribution is 7.13. The lowest BCUT2D eigenvalue weighted by Crippen LogP contribution is -2.37. The van der Waals surface area contributed by atoms with E-state index in [9.17, 15) is 0 Å². The summed E-state index contributed by atoms with van der Waals surface area (Å²) < 4.78 is 0. The molecule has 1 aromatic rings. The summed E-state index contributed by atoms with van der Waals surface area (Å²) in [6.07, 6.45) is 2.62. The highest BCUT2D eigenvalue weighted by Gasteiger charge is 2.18. The molecule has 0 aromatic carbocycles. The molecule has 0 spiro atoms. The fourth-order valence-electron chi connectivity index (χ4n) is 2.01. The summed E-state index contributed by atoms with van der Waals surface area (Å²) in [7, 11) is 0. The van der Waals surface area contributed by atoms with Crippen LogP contribution in [0.25, 0.3) is 0 Å². The maximum atomic E-state index is 4.54. The van der Waals surface area contributed by atoms with E-state index in [4.69, 9.17) is 0 Å². The lowest BCUT2D eigenvalue weighted by Gasteiger charge is -2.23. The van der Waals surface area contributed by atoms with Gasteiger partial charge in [-0.3, -0.25) is 0 Å². The Kier molecular flexibility index (Phi) is 3.59. The highest BCUT2D eigenvalue weighted by atomic mass is 32.1. The van der Waals surface area contributed by atoms with Crippen molar-refractivity contribution in [1.29, 1.82) is 0 Å². The second kappa shape index (κ2) is 4.94. The first-order valence-electron chi connectivity index (χ1n) is 5.70. The molecular formula is C11H19N3S. The van der Waals surface area contributed by atoms with Gasteiger partial charge in [0.05, 0.1) is 5.69 Å². The molecule has 0 aliphatic carbocycles. The van der Waals surface area contributed by atoms with Crippen LogP contribution in [0.2, 0.25) is 0 Å². The van der Waals surface area contributed by atoms with Gasteiger partial charge in [-0.15, -0.1) is 11.3 Å². The van der Waals surface area contributed by atoms with E-state index < -0.39 is 0 Å². The van der Waals surface area contributed by atoms with Gasteiger partial charge in [-0.2, -0.15) is 0 Å². The van der Waals surface area contributed by atoms with E-state index >= 15 is 0 Å². The van der Waals surface area contributed by atoms with Gasteiger partial charge in [-0.05, 0) is 33.2 Å². The monoisotopic (exact) mass is 225 g/mol. The standard InChI is InChI=1S/C11H19N3S/c1-3-14(7-10-5-4-6-12-10)11-13-9(2)8-15-11/h8,10,12H,3-7H2,1-2H3. The molecule has 1 atom stereocenters. The lowest BCUT2D eigenvalue weighted by atomic mass is 10.2. The molecule has 0 saturated carbocycles. The first-order chi connectivity index (χ1) is 7.29. The summed E-state index contributed by atoms with van der Waals surface area (Å²) in [6.45, 7) is 7.58. The van der Waals surface area contributed by atoms with Gasteiger partial charge in [-0.1, -0.05) is 0 Å². The van der Waals surface area contributed by atoms with Crippen molar-refractivity contribution < 1.29 is 0 Å². The summed E-state index contributed by atoms with van der Waals surface area (Å²) in [5.41, 5.74) is 1.13. The molecule has 4 heteroatoms. The number of thiazole rings is 1. The second-order valence-electron chi connectivity index (χ2n) is 4.10. The Hall–Kier alpha value is -0.610. The minimum atomic E-state index is 0.661. The van der Waals surface area contributed by atoms with Crippen LogP contribution < -0.4 is 10.2 Å². The molecule has 1 fully saturated rings. The van der Waals surface area contributed by atoms with Crippen molar-refractivity contribution in [3.8, 4) is 0 Å². The molecule has 3 nitrogen and oxygen atoms in total. The zero-order chi connectivity index (χ0) is 10.7. The maximum Gasteiger partial charge on any atom is 0.185 e. The third-order valence-electron chi connectivity index (χ3n) is 2.86. The second-order valence-corrected chi connectivity index (χ2v) is 4.94. The van der Waals surface area contributed by atoms with E-state index in [1.165, 1.54) is 24.5 Å². The van der Waals surface area contributed by atoms with E-state index in [1.54, 1.807) is 11.3 Å². The molecule has 2 rings (SSSR count). The van der Waals surface area contributed by atoms with E-state index in [-0.39, 0.29) is 0 Å². The van der Waals surface area contributed by atoms with E-state index in [1.807, 2.05) is 0 Å². The minimum absolute atomic E-state index is 0.661. The fourth-order valence-corrected chi connectivity index (χ4v) is 2.89. The van der Waals surface area contributed by atoms with Gasteiger partial charge in [0.25, 0.3) is 0 Å². The van der Waals surface area contributed by atoms with E-state index in [0.717, 1.165) is 18.8 Å². The molecule has 1 unspecified atom stereocenters. The number of aryl methyl sites for hydroxylation is 1. The Bertz CT molecular complexity index is 305. The normalized spacial score (nSPS) is 20.8. The van der Waals surface area contributed by atoms with Crippen LogP contribution in [0.5, 0.6) is 0 Å². The first-order valence-corrected chi connectivity index (χ1v) is 6.58. The number of anilines is 1. The molecule has 1 aromatic heterocycles. The number of hydrogen-bond acceptors (Lipinski definition) is 4. The van der Waals surface area contributed by atoms with Crippen LogP contribution in [-0.2, 0) is 0 Å². The molecule has 1 saturated heterocycles. The quantitative estimate of drug-likeness (QED) is 0.850. The predicted octanol–water partition coefficient (Wildman–Crippen LogP) is 2.03. The Morgan fingerprint density at radius 1 is 1.67 bits per heavy atom. The number of aromatic nitrogens is 1. The Morgan fingerprint density at radius 3 is 3.07 bits per heavy atom. The molecule has 0 bridgehead atoms. The number of hydrogen-bond donors (Lipinski definition) is 1.